The summed E-state index contributed by atoms with van der Waals surface area (Å²) in [6.45, 7) is 0.151. The number of oxazole rings is 1. The Hall–Kier alpha value is -4.74. The van der Waals surface area contributed by atoms with Crippen molar-refractivity contribution < 1.29 is 42.4 Å². The molecule has 2 unspecified atom stereocenters. The average molecular weight is 651 g/mol. The van der Waals surface area contributed by atoms with Crippen molar-refractivity contribution in [3.63, 3.8) is 0 Å². The summed E-state index contributed by atoms with van der Waals surface area (Å²) < 4.78 is 39.8. The molecule has 5 rings (SSSR count). The van der Waals surface area contributed by atoms with Gasteiger partial charge in [0.05, 0.1) is 66.8 Å². The van der Waals surface area contributed by atoms with Crippen molar-refractivity contribution in [2.24, 2.45) is 0 Å². The van der Waals surface area contributed by atoms with Crippen molar-refractivity contribution >= 4 is 29.2 Å². The summed E-state index contributed by atoms with van der Waals surface area (Å²) in [6, 6.07) is 16.2. The van der Waals surface area contributed by atoms with Crippen molar-refractivity contribution in [2.75, 3.05) is 40.4 Å². The zero-order valence-electron chi connectivity index (χ0n) is 26.2. The van der Waals surface area contributed by atoms with Crippen LogP contribution in [0, 0.1) is 0 Å². The van der Waals surface area contributed by atoms with Gasteiger partial charge in [-0.3, -0.25) is 9.59 Å². The Labute approximate surface area is 271 Å². The minimum Gasteiger partial charge on any atom is -0.497 e. The van der Waals surface area contributed by atoms with Crippen LogP contribution in [-0.4, -0.2) is 58.5 Å². The van der Waals surface area contributed by atoms with Crippen LogP contribution in [0.1, 0.15) is 40.9 Å². The highest BCUT2D eigenvalue weighted by Crippen LogP contribution is 2.45. The molecule has 242 valence electrons. The van der Waals surface area contributed by atoms with Gasteiger partial charge >= 0.3 is 5.97 Å². The molecule has 1 aliphatic heterocycles. The predicted molar refractivity (Wildman–Crippen MR) is 169 cm³/mol. The van der Waals surface area contributed by atoms with E-state index in [0.29, 0.717) is 57.0 Å². The van der Waals surface area contributed by atoms with Crippen LogP contribution in [0.3, 0.4) is 0 Å². The zero-order valence-corrected chi connectivity index (χ0v) is 27.0. The smallest absolute Gasteiger partial charge is 0.305 e. The fourth-order valence-corrected chi connectivity index (χ4v) is 5.60. The summed E-state index contributed by atoms with van der Waals surface area (Å²) in [6.07, 6.45) is 0.132. The Bertz CT molecular complexity index is 1710. The number of aromatic nitrogens is 1. The van der Waals surface area contributed by atoms with Gasteiger partial charge in [-0.15, -0.1) is 0 Å². The van der Waals surface area contributed by atoms with Crippen LogP contribution in [0.2, 0.25) is 5.02 Å². The second-order valence-corrected chi connectivity index (χ2v) is 10.8. The molecule has 46 heavy (non-hydrogen) atoms. The first-order valence-electron chi connectivity index (χ1n) is 14.5. The van der Waals surface area contributed by atoms with Gasteiger partial charge in [0.2, 0.25) is 0 Å². The number of aryl methyl sites for hydroxylation is 1. The first-order chi connectivity index (χ1) is 22.3. The van der Waals surface area contributed by atoms with E-state index in [1.807, 2.05) is 24.3 Å². The van der Waals surface area contributed by atoms with Crippen molar-refractivity contribution in [3.05, 3.63) is 94.2 Å². The van der Waals surface area contributed by atoms with E-state index in [1.54, 1.807) is 63.7 Å². The van der Waals surface area contributed by atoms with Gasteiger partial charge in [0.15, 0.2) is 17.4 Å². The Balaban J connectivity index is 1.61. The van der Waals surface area contributed by atoms with E-state index in [9.17, 15) is 9.59 Å². The topological polar surface area (TPSA) is 119 Å². The Morgan fingerprint density at radius 1 is 0.935 bits per heavy atom. The van der Waals surface area contributed by atoms with E-state index >= 15 is 0 Å². The number of carbonyl (C=O) groups excluding carboxylic acids is 2. The van der Waals surface area contributed by atoms with Crippen LogP contribution in [0.5, 0.6) is 23.0 Å². The minimum absolute atomic E-state index is 0.0117. The monoisotopic (exact) mass is 650 g/mol. The maximum absolute atomic E-state index is 14.6. The normalized spacial score (nSPS) is 16.0. The lowest BCUT2D eigenvalue weighted by Crippen LogP contribution is -2.40. The number of anilines is 1. The molecule has 0 radical (unpaired) electrons. The Morgan fingerprint density at radius 3 is 2.46 bits per heavy atom. The SMILES string of the molecule is COC(=O)CCc1cnc(CC2OC(c3cccc(OC)c3OC)c3cc(Cl)ccc3N(Cc3ccc(OC)cc3OC)C2=O)o1. The summed E-state index contributed by atoms with van der Waals surface area (Å²) >= 11 is 6.56. The van der Waals surface area contributed by atoms with Gasteiger partial charge < -0.3 is 37.7 Å². The molecule has 2 heterocycles. The van der Waals surface area contributed by atoms with Gasteiger partial charge in [-0.1, -0.05) is 23.7 Å². The third-order valence-electron chi connectivity index (χ3n) is 7.71. The molecule has 0 saturated heterocycles. The van der Waals surface area contributed by atoms with Gasteiger partial charge in [0.25, 0.3) is 5.91 Å². The van der Waals surface area contributed by atoms with Crippen LogP contribution >= 0.6 is 11.6 Å². The largest absolute Gasteiger partial charge is 0.497 e. The average Bonchev–Trinajstić information content (AvgIpc) is 3.50. The van der Waals surface area contributed by atoms with E-state index in [4.69, 9.17) is 44.4 Å². The van der Waals surface area contributed by atoms with Crippen molar-refractivity contribution in [1.82, 2.24) is 4.98 Å². The molecule has 0 fully saturated rings. The number of ether oxygens (including phenoxy) is 6. The lowest BCUT2D eigenvalue weighted by molar-refractivity contribution is -0.140. The second kappa shape index (κ2) is 14.6. The van der Waals surface area contributed by atoms with Crippen molar-refractivity contribution in [2.45, 2.75) is 38.0 Å². The number of hydrogen-bond acceptors (Lipinski definition) is 10. The maximum atomic E-state index is 14.6. The molecular weight excluding hydrogens is 616 g/mol. The summed E-state index contributed by atoms with van der Waals surface area (Å²) in [7, 11) is 7.57. The lowest BCUT2D eigenvalue weighted by atomic mass is 9.97. The molecule has 2 atom stereocenters. The minimum atomic E-state index is -1.05. The first-order valence-corrected chi connectivity index (χ1v) is 14.9. The van der Waals surface area contributed by atoms with Crippen LogP contribution in [0.25, 0.3) is 0 Å². The molecule has 0 saturated carbocycles. The number of methoxy groups -OCH3 is 5. The highest BCUT2D eigenvalue weighted by Gasteiger charge is 2.39. The summed E-state index contributed by atoms with van der Waals surface area (Å²) in [5.74, 6) is 2.20. The molecule has 4 aromatic rings. The quantitative estimate of drug-likeness (QED) is 0.176. The third kappa shape index (κ3) is 6.90. The molecule has 0 N–H and O–H groups in total. The molecule has 0 spiro atoms. The Morgan fingerprint density at radius 2 is 1.74 bits per heavy atom. The number of esters is 1. The summed E-state index contributed by atoms with van der Waals surface area (Å²) in [4.78, 5) is 32.2. The molecule has 3 aromatic carbocycles. The van der Waals surface area contributed by atoms with Crippen molar-refractivity contribution in [3.8, 4) is 23.0 Å². The standard InChI is InChI=1S/C34H35ClN2O9/c1-40-22-11-9-20(28(16-22)42-3)19-37-26-13-10-21(35)15-25(26)32(24-7-6-8-27(41-2)33(24)44-5)46-29(34(37)39)17-30-36-18-23(45-30)12-14-31(38)43-4/h6-11,13,15-16,18,29,32H,12,14,17,19H2,1-5H3. The van der Waals surface area contributed by atoms with Crippen LogP contribution in [-0.2, 0) is 38.4 Å². The highest BCUT2D eigenvalue weighted by molar-refractivity contribution is 6.30. The lowest BCUT2D eigenvalue weighted by Gasteiger charge is -2.26. The summed E-state index contributed by atoms with van der Waals surface area (Å²) in [5, 5.41) is 0.463. The van der Waals surface area contributed by atoms with Gasteiger partial charge in [-0.2, -0.15) is 0 Å². The molecule has 1 amide bonds. The van der Waals surface area contributed by atoms with E-state index in [2.05, 4.69) is 4.98 Å². The number of carbonyl (C=O) groups is 2. The van der Waals surface area contributed by atoms with Gasteiger partial charge in [0, 0.05) is 34.2 Å². The first kappa shape index (κ1) is 32.6. The second-order valence-electron chi connectivity index (χ2n) is 10.4. The molecule has 1 aliphatic rings. The molecular formula is C34H35ClN2O9. The third-order valence-corrected chi connectivity index (χ3v) is 7.94. The fraction of sp³-hybridized carbons (Fsp3) is 0.324. The Kier molecular flexibility index (Phi) is 10.3. The number of nitrogens with zero attached hydrogens (tertiary/aromatic N) is 2. The van der Waals surface area contributed by atoms with Gasteiger partial charge in [-0.05, 0) is 36.4 Å². The number of halogens is 1. The number of amides is 1. The van der Waals surface area contributed by atoms with Crippen LogP contribution in [0.15, 0.2) is 65.2 Å². The van der Waals surface area contributed by atoms with Crippen LogP contribution < -0.4 is 23.8 Å². The predicted octanol–water partition coefficient (Wildman–Crippen LogP) is 5.73. The number of hydrogen-bond donors (Lipinski definition) is 0. The highest BCUT2D eigenvalue weighted by atomic mass is 35.5. The van der Waals surface area contributed by atoms with Gasteiger partial charge in [-0.25, -0.2) is 4.98 Å². The van der Waals surface area contributed by atoms with E-state index in [1.165, 1.54) is 13.3 Å². The molecule has 1 aromatic heterocycles. The zero-order chi connectivity index (χ0) is 32.8. The number of para-hydroxylation sites is 1. The number of benzene rings is 3. The molecule has 11 nitrogen and oxygen atoms in total. The number of fused-ring (bicyclic) bond motifs is 1. The number of rotatable bonds is 12. The van der Waals surface area contributed by atoms with E-state index in [0.717, 1.165) is 5.56 Å². The van der Waals surface area contributed by atoms with Crippen LogP contribution in [0.4, 0.5) is 5.69 Å². The van der Waals surface area contributed by atoms with Gasteiger partial charge in [0.1, 0.15) is 29.5 Å². The molecule has 0 bridgehead atoms. The maximum Gasteiger partial charge on any atom is 0.305 e. The molecule has 0 aliphatic carbocycles. The van der Waals surface area contributed by atoms with E-state index < -0.39 is 12.2 Å². The van der Waals surface area contributed by atoms with E-state index in [-0.39, 0.29) is 37.2 Å². The molecule has 12 heteroatoms. The van der Waals surface area contributed by atoms with Crippen molar-refractivity contribution in [1.29, 1.82) is 0 Å². The summed E-state index contributed by atoms with van der Waals surface area (Å²) in [5.41, 5.74) is 2.62. The fourth-order valence-electron chi connectivity index (χ4n) is 5.42.